The highest BCUT2D eigenvalue weighted by Gasteiger charge is 1.95. The number of carbonyl (C=O) groups is 1. The van der Waals surface area contributed by atoms with Gasteiger partial charge in [0.05, 0.1) is 7.85 Å². The number of amides is 1. The van der Waals surface area contributed by atoms with Crippen molar-refractivity contribution in [1.29, 1.82) is 0 Å². The Labute approximate surface area is 67.0 Å². The van der Waals surface area contributed by atoms with Crippen LogP contribution in [0.1, 0.15) is 0 Å². The van der Waals surface area contributed by atoms with Crippen LogP contribution in [0.3, 0.4) is 0 Å². The Morgan fingerprint density at radius 1 is 1.36 bits per heavy atom. The van der Waals surface area contributed by atoms with Gasteiger partial charge in [0.2, 0.25) is 5.91 Å². The van der Waals surface area contributed by atoms with Crippen LogP contribution in [0.5, 0.6) is 0 Å². The maximum Gasteiger partial charge on any atom is 0.215 e. The molecule has 1 N–H and O–H groups in total. The van der Waals surface area contributed by atoms with E-state index >= 15 is 0 Å². The molecule has 0 aliphatic carbocycles. The number of anilines is 1. The number of nitrogens with one attached hydrogen (secondary N) is 1. The topological polar surface area (TPSA) is 29.1 Å². The quantitative estimate of drug-likeness (QED) is 0.622. The van der Waals surface area contributed by atoms with Crippen molar-refractivity contribution in [2.45, 2.75) is 6.32 Å². The summed E-state index contributed by atoms with van der Waals surface area (Å²) >= 11 is 0. The van der Waals surface area contributed by atoms with Crippen LogP contribution in [0.4, 0.5) is 5.69 Å². The summed E-state index contributed by atoms with van der Waals surface area (Å²) in [5, 5.41) is 2.63. The van der Waals surface area contributed by atoms with Gasteiger partial charge in [0.15, 0.2) is 0 Å². The van der Waals surface area contributed by atoms with E-state index in [0.29, 0.717) is 0 Å². The first kappa shape index (κ1) is 7.86. The average molecular weight is 145 g/mol. The smallest absolute Gasteiger partial charge is 0.215 e. The zero-order valence-electron chi connectivity index (χ0n) is 6.08. The highest BCUT2D eigenvalue weighted by molar-refractivity contribution is 6.22. The molecule has 1 amide bonds. The van der Waals surface area contributed by atoms with Crippen molar-refractivity contribution in [3.63, 3.8) is 0 Å². The third kappa shape index (κ3) is 2.46. The van der Waals surface area contributed by atoms with Gasteiger partial charge in [-0.05, 0) is 18.5 Å². The van der Waals surface area contributed by atoms with Crippen LogP contribution in [-0.2, 0) is 4.79 Å². The van der Waals surface area contributed by atoms with Gasteiger partial charge in [0.25, 0.3) is 0 Å². The van der Waals surface area contributed by atoms with Gasteiger partial charge in [0.1, 0.15) is 0 Å². The molecule has 2 radical (unpaired) electrons. The second kappa shape index (κ2) is 3.81. The fourth-order valence-electron chi connectivity index (χ4n) is 0.734. The van der Waals surface area contributed by atoms with E-state index in [9.17, 15) is 4.79 Å². The second-order valence-electron chi connectivity index (χ2n) is 2.12. The van der Waals surface area contributed by atoms with Crippen molar-refractivity contribution in [1.82, 2.24) is 0 Å². The Balaban J connectivity index is 2.58. The van der Waals surface area contributed by atoms with Crippen molar-refractivity contribution < 1.29 is 4.79 Å². The Hall–Kier alpha value is -1.25. The zero-order valence-corrected chi connectivity index (χ0v) is 6.08. The first-order chi connectivity index (χ1) is 5.33. The molecule has 3 heteroatoms. The van der Waals surface area contributed by atoms with E-state index in [2.05, 4.69) is 5.32 Å². The molecule has 2 nitrogen and oxygen atoms in total. The molecular formula is C8H8BNO. The first-order valence-electron chi connectivity index (χ1n) is 3.38. The average Bonchev–Trinajstić information content (AvgIpc) is 2.06. The molecule has 0 bridgehead atoms. The number of benzene rings is 1. The summed E-state index contributed by atoms with van der Waals surface area (Å²) in [7, 11) is 5.11. The van der Waals surface area contributed by atoms with E-state index in [1.165, 1.54) is 0 Å². The molecular weight excluding hydrogens is 137 g/mol. The van der Waals surface area contributed by atoms with Gasteiger partial charge in [0, 0.05) is 5.69 Å². The second-order valence-corrected chi connectivity index (χ2v) is 2.12. The lowest BCUT2D eigenvalue weighted by molar-refractivity contribution is -0.114. The normalized spacial score (nSPS) is 9.09. The van der Waals surface area contributed by atoms with Crippen molar-refractivity contribution in [2.24, 2.45) is 0 Å². The summed E-state index contributed by atoms with van der Waals surface area (Å²) in [5.74, 6) is -0.170. The van der Waals surface area contributed by atoms with E-state index in [-0.39, 0.29) is 12.2 Å². The molecule has 0 heterocycles. The van der Waals surface area contributed by atoms with Gasteiger partial charge in [-0.15, -0.1) is 0 Å². The molecule has 0 atom stereocenters. The molecule has 0 aliphatic heterocycles. The van der Waals surface area contributed by atoms with E-state index in [1.54, 1.807) is 0 Å². The Bertz CT molecular complexity index is 235. The SMILES string of the molecule is [B]CC(=O)Nc1ccccc1. The predicted molar refractivity (Wildman–Crippen MR) is 45.6 cm³/mol. The van der Waals surface area contributed by atoms with Gasteiger partial charge in [-0.1, -0.05) is 18.2 Å². The van der Waals surface area contributed by atoms with Gasteiger partial charge < -0.3 is 5.32 Å². The molecule has 0 aromatic heterocycles. The number of para-hydroxylation sites is 1. The largest absolute Gasteiger partial charge is 0.327 e. The van der Waals surface area contributed by atoms with Crippen LogP contribution in [0.2, 0.25) is 6.32 Å². The molecule has 0 saturated heterocycles. The summed E-state index contributed by atoms with van der Waals surface area (Å²) < 4.78 is 0. The lowest BCUT2D eigenvalue weighted by Gasteiger charge is -2.00. The van der Waals surface area contributed by atoms with Crippen molar-refractivity contribution in [3.8, 4) is 0 Å². The van der Waals surface area contributed by atoms with Crippen molar-refractivity contribution in [2.75, 3.05) is 5.32 Å². The number of hydrogen-bond donors (Lipinski definition) is 1. The molecule has 54 valence electrons. The molecule has 0 aliphatic rings. The van der Waals surface area contributed by atoms with E-state index in [1.807, 2.05) is 30.3 Å². The number of hydrogen-bond acceptors (Lipinski definition) is 1. The number of rotatable bonds is 2. The lowest BCUT2D eigenvalue weighted by Crippen LogP contribution is -2.09. The Kier molecular flexibility index (Phi) is 2.72. The van der Waals surface area contributed by atoms with Crippen LogP contribution in [-0.4, -0.2) is 13.8 Å². The van der Waals surface area contributed by atoms with Crippen molar-refractivity contribution in [3.05, 3.63) is 30.3 Å². The maximum atomic E-state index is 10.7. The van der Waals surface area contributed by atoms with E-state index in [0.717, 1.165) is 5.69 Å². The van der Waals surface area contributed by atoms with Crippen LogP contribution in [0, 0.1) is 0 Å². The van der Waals surface area contributed by atoms with Crippen LogP contribution < -0.4 is 5.32 Å². The summed E-state index contributed by atoms with van der Waals surface area (Å²) in [5.41, 5.74) is 0.781. The summed E-state index contributed by atoms with van der Waals surface area (Å²) in [6.07, 6.45) is 0.0227. The molecule has 1 rings (SSSR count). The summed E-state index contributed by atoms with van der Waals surface area (Å²) in [4.78, 5) is 10.7. The molecule has 1 aromatic carbocycles. The van der Waals surface area contributed by atoms with Crippen LogP contribution in [0.25, 0.3) is 0 Å². The number of carbonyl (C=O) groups excluding carboxylic acids is 1. The third-order valence-corrected chi connectivity index (χ3v) is 1.24. The third-order valence-electron chi connectivity index (χ3n) is 1.24. The summed E-state index contributed by atoms with van der Waals surface area (Å²) in [6.45, 7) is 0. The van der Waals surface area contributed by atoms with Crippen molar-refractivity contribution >= 4 is 19.4 Å². The minimum absolute atomic E-state index is 0.0227. The standard InChI is InChI=1S/C8H8BNO/c9-6-8(11)10-7-4-2-1-3-5-7/h1-5H,6H2,(H,10,11). The maximum absolute atomic E-state index is 10.7. The Morgan fingerprint density at radius 2 is 2.00 bits per heavy atom. The Morgan fingerprint density at radius 3 is 2.55 bits per heavy atom. The highest BCUT2D eigenvalue weighted by atomic mass is 16.1. The molecule has 11 heavy (non-hydrogen) atoms. The summed E-state index contributed by atoms with van der Waals surface area (Å²) in [6, 6.07) is 9.22. The lowest BCUT2D eigenvalue weighted by atomic mass is 10.1. The first-order valence-corrected chi connectivity index (χ1v) is 3.38. The van der Waals surface area contributed by atoms with Crippen LogP contribution in [0.15, 0.2) is 30.3 Å². The highest BCUT2D eigenvalue weighted by Crippen LogP contribution is 2.04. The zero-order chi connectivity index (χ0) is 8.10. The van der Waals surface area contributed by atoms with Crippen LogP contribution >= 0.6 is 0 Å². The minimum atomic E-state index is -0.170. The molecule has 1 aromatic rings. The molecule has 0 saturated carbocycles. The fourth-order valence-corrected chi connectivity index (χ4v) is 0.734. The molecule has 0 fully saturated rings. The van der Waals surface area contributed by atoms with Gasteiger partial charge in [-0.25, -0.2) is 0 Å². The molecule has 0 unspecified atom stereocenters. The fraction of sp³-hybridized carbons (Fsp3) is 0.125. The van der Waals surface area contributed by atoms with Gasteiger partial charge >= 0.3 is 0 Å². The van der Waals surface area contributed by atoms with E-state index in [4.69, 9.17) is 7.85 Å². The van der Waals surface area contributed by atoms with E-state index < -0.39 is 0 Å². The minimum Gasteiger partial charge on any atom is -0.327 e. The van der Waals surface area contributed by atoms with Gasteiger partial charge in [-0.3, -0.25) is 4.79 Å². The van der Waals surface area contributed by atoms with Gasteiger partial charge in [-0.2, -0.15) is 0 Å². The monoisotopic (exact) mass is 145 g/mol. The molecule has 0 spiro atoms. The predicted octanol–water partition coefficient (Wildman–Crippen LogP) is 1.21.